The van der Waals surface area contributed by atoms with Crippen molar-refractivity contribution in [3.05, 3.63) is 52.9 Å². The minimum Gasteiger partial charge on any atom is -0.454 e. The van der Waals surface area contributed by atoms with Crippen LogP contribution in [-0.4, -0.2) is 13.6 Å². The van der Waals surface area contributed by atoms with Crippen LogP contribution < -0.4 is 29.4 Å². The lowest BCUT2D eigenvalue weighted by Gasteiger charge is -2.26. The third-order valence-corrected chi connectivity index (χ3v) is 4.44. The highest BCUT2D eigenvalue weighted by molar-refractivity contribution is 5.62. The first-order valence-corrected chi connectivity index (χ1v) is 7.65. The standard InChI is InChI=1S/C18H12N2O5/c19-6-11-17(9-1-2-12-14(3-9)22-7-21-12)10-4-15-16(24-8-23-15)5-13(10)25-18(11)20/h1-5,17H,7-8,20H2. The molecule has 5 rings (SSSR count). The van der Waals surface area contributed by atoms with Crippen LogP contribution in [0.4, 0.5) is 0 Å². The molecule has 0 bridgehead atoms. The molecule has 0 aromatic heterocycles. The van der Waals surface area contributed by atoms with E-state index in [4.69, 9.17) is 29.4 Å². The van der Waals surface area contributed by atoms with Crippen LogP contribution in [-0.2, 0) is 0 Å². The van der Waals surface area contributed by atoms with Gasteiger partial charge in [0.25, 0.3) is 0 Å². The fourth-order valence-corrected chi connectivity index (χ4v) is 3.28. The molecule has 25 heavy (non-hydrogen) atoms. The van der Waals surface area contributed by atoms with Crippen LogP contribution in [0.2, 0.25) is 0 Å². The molecule has 0 radical (unpaired) electrons. The molecule has 2 N–H and O–H groups in total. The van der Waals surface area contributed by atoms with Gasteiger partial charge in [-0.2, -0.15) is 5.26 Å². The van der Waals surface area contributed by atoms with Crippen LogP contribution in [0.3, 0.4) is 0 Å². The maximum Gasteiger partial charge on any atom is 0.231 e. The lowest BCUT2D eigenvalue weighted by molar-refractivity contribution is 0.173. The zero-order chi connectivity index (χ0) is 17.0. The van der Waals surface area contributed by atoms with Crippen LogP contribution in [0.5, 0.6) is 28.7 Å². The minimum atomic E-state index is -0.391. The Kier molecular flexibility index (Phi) is 2.76. The summed E-state index contributed by atoms with van der Waals surface area (Å²) in [4.78, 5) is 0. The average molecular weight is 336 g/mol. The molecule has 0 fully saturated rings. The van der Waals surface area contributed by atoms with Crippen LogP contribution >= 0.6 is 0 Å². The Morgan fingerprint density at radius 3 is 2.32 bits per heavy atom. The molecule has 1 atom stereocenters. The number of benzene rings is 2. The van der Waals surface area contributed by atoms with Gasteiger partial charge >= 0.3 is 0 Å². The molecule has 0 saturated carbocycles. The number of rotatable bonds is 1. The maximum absolute atomic E-state index is 9.63. The summed E-state index contributed by atoms with van der Waals surface area (Å²) >= 11 is 0. The summed E-state index contributed by atoms with van der Waals surface area (Å²) in [6.45, 7) is 0.339. The summed E-state index contributed by atoms with van der Waals surface area (Å²) < 4.78 is 27.3. The molecule has 0 saturated heterocycles. The average Bonchev–Trinajstić information content (AvgIpc) is 3.26. The second-order valence-electron chi connectivity index (χ2n) is 5.78. The summed E-state index contributed by atoms with van der Waals surface area (Å²) in [6.07, 6.45) is 0. The number of nitrogens with two attached hydrogens (primary N) is 1. The first-order chi connectivity index (χ1) is 12.2. The quantitative estimate of drug-likeness (QED) is 0.854. The van der Waals surface area contributed by atoms with Crippen molar-refractivity contribution < 1.29 is 23.7 Å². The van der Waals surface area contributed by atoms with Crippen molar-refractivity contribution in [3.63, 3.8) is 0 Å². The van der Waals surface area contributed by atoms with Crippen molar-refractivity contribution in [2.75, 3.05) is 13.6 Å². The van der Waals surface area contributed by atoms with E-state index in [1.807, 2.05) is 24.3 Å². The van der Waals surface area contributed by atoms with E-state index in [1.54, 1.807) is 6.07 Å². The van der Waals surface area contributed by atoms with E-state index in [9.17, 15) is 5.26 Å². The predicted molar refractivity (Wildman–Crippen MR) is 84.4 cm³/mol. The van der Waals surface area contributed by atoms with E-state index >= 15 is 0 Å². The number of hydrogen-bond acceptors (Lipinski definition) is 7. The van der Waals surface area contributed by atoms with E-state index in [2.05, 4.69) is 6.07 Å². The number of nitrogens with zero attached hydrogens (tertiary/aromatic N) is 1. The van der Waals surface area contributed by atoms with E-state index in [1.165, 1.54) is 0 Å². The Hall–Kier alpha value is -3.53. The van der Waals surface area contributed by atoms with Gasteiger partial charge in [-0.3, -0.25) is 0 Å². The smallest absolute Gasteiger partial charge is 0.231 e. The molecule has 3 aliphatic heterocycles. The highest BCUT2D eigenvalue weighted by Gasteiger charge is 2.34. The normalized spacial score (nSPS) is 19.2. The molecule has 3 heterocycles. The molecule has 3 aliphatic rings. The topological polar surface area (TPSA) is 96.0 Å². The summed E-state index contributed by atoms with van der Waals surface area (Å²) in [7, 11) is 0. The molecule has 0 aliphatic carbocycles. The molecule has 1 unspecified atom stereocenters. The fourth-order valence-electron chi connectivity index (χ4n) is 3.28. The largest absolute Gasteiger partial charge is 0.454 e. The predicted octanol–water partition coefficient (Wildman–Crippen LogP) is 2.36. The van der Waals surface area contributed by atoms with Crippen molar-refractivity contribution in [3.8, 4) is 34.8 Å². The second kappa shape index (κ2) is 4.98. The second-order valence-corrected chi connectivity index (χ2v) is 5.78. The van der Waals surface area contributed by atoms with Crippen molar-refractivity contribution in [1.29, 1.82) is 5.26 Å². The van der Waals surface area contributed by atoms with E-state index in [-0.39, 0.29) is 19.5 Å². The lowest BCUT2D eigenvalue weighted by Crippen LogP contribution is -2.21. The van der Waals surface area contributed by atoms with Gasteiger partial charge in [-0.15, -0.1) is 0 Å². The van der Waals surface area contributed by atoms with E-state index in [0.29, 0.717) is 34.3 Å². The van der Waals surface area contributed by atoms with Crippen molar-refractivity contribution in [2.45, 2.75) is 5.92 Å². The Labute approximate surface area is 142 Å². The first kappa shape index (κ1) is 13.9. The fraction of sp³-hybridized carbons (Fsp3) is 0.167. The lowest BCUT2D eigenvalue weighted by atomic mass is 9.83. The zero-order valence-corrected chi connectivity index (χ0v) is 12.9. The summed E-state index contributed by atoms with van der Waals surface area (Å²) in [5, 5.41) is 9.63. The molecule has 0 spiro atoms. The number of hydrogen-bond donors (Lipinski definition) is 1. The minimum absolute atomic E-state index is 0.0801. The third-order valence-electron chi connectivity index (χ3n) is 4.44. The van der Waals surface area contributed by atoms with Gasteiger partial charge in [0.15, 0.2) is 23.0 Å². The molecule has 0 amide bonds. The van der Waals surface area contributed by atoms with Gasteiger partial charge in [-0.1, -0.05) is 6.07 Å². The van der Waals surface area contributed by atoms with Gasteiger partial charge < -0.3 is 29.4 Å². The van der Waals surface area contributed by atoms with E-state index in [0.717, 1.165) is 11.1 Å². The van der Waals surface area contributed by atoms with Gasteiger partial charge in [-0.05, 0) is 23.8 Å². The van der Waals surface area contributed by atoms with Gasteiger partial charge in [0.05, 0.1) is 5.92 Å². The molecule has 7 heteroatoms. The van der Waals surface area contributed by atoms with Gasteiger partial charge in [0.1, 0.15) is 17.4 Å². The van der Waals surface area contributed by atoms with Crippen molar-refractivity contribution in [2.24, 2.45) is 5.73 Å². The molecular weight excluding hydrogens is 324 g/mol. The number of fused-ring (bicyclic) bond motifs is 3. The van der Waals surface area contributed by atoms with Crippen LogP contribution in [0.15, 0.2) is 41.8 Å². The molecule has 124 valence electrons. The first-order valence-electron chi connectivity index (χ1n) is 7.65. The van der Waals surface area contributed by atoms with Crippen LogP contribution in [0.25, 0.3) is 0 Å². The Morgan fingerprint density at radius 1 is 0.880 bits per heavy atom. The van der Waals surface area contributed by atoms with Crippen molar-refractivity contribution in [1.82, 2.24) is 0 Å². The number of nitriles is 1. The third kappa shape index (κ3) is 1.97. The van der Waals surface area contributed by atoms with Crippen LogP contribution in [0, 0.1) is 11.3 Å². The van der Waals surface area contributed by atoms with Gasteiger partial charge in [0.2, 0.25) is 19.5 Å². The number of allylic oxidation sites excluding steroid dienone is 1. The molecule has 2 aromatic rings. The Morgan fingerprint density at radius 2 is 1.56 bits per heavy atom. The molecule has 2 aromatic carbocycles. The summed E-state index contributed by atoms with van der Waals surface area (Å²) in [5.41, 5.74) is 7.98. The Balaban J connectivity index is 1.70. The molecular formula is C18H12N2O5. The zero-order valence-electron chi connectivity index (χ0n) is 12.9. The van der Waals surface area contributed by atoms with Gasteiger partial charge in [-0.25, -0.2) is 0 Å². The monoisotopic (exact) mass is 336 g/mol. The van der Waals surface area contributed by atoms with Crippen molar-refractivity contribution >= 4 is 0 Å². The van der Waals surface area contributed by atoms with Crippen LogP contribution in [0.1, 0.15) is 17.0 Å². The summed E-state index contributed by atoms with van der Waals surface area (Å²) in [6, 6.07) is 11.3. The SMILES string of the molecule is N#CC1=C(N)Oc2cc3c(cc2C1c1ccc2c(c1)OCO2)OCO3. The summed E-state index contributed by atoms with van der Waals surface area (Å²) in [5.74, 6) is 2.76. The Bertz CT molecular complexity index is 976. The van der Waals surface area contributed by atoms with Gasteiger partial charge in [0, 0.05) is 11.6 Å². The molecule has 7 nitrogen and oxygen atoms in total. The van der Waals surface area contributed by atoms with E-state index < -0.39 is 5.92 Å². The highest BCUT2D eigenvalue weighted by atomic mass is 16.7. The highest BCUT2D eigenvalue weighted by Crippen LogP contribution is 2.49. The maximum atomic E-state index is 9.63. The number of ether oxygens (including phenoxy) is 5.